The third-order valence-corrected chi connectivity index (χ3v) is 7.23. The summed E-state index contributed by atoms with van der Waals surface area (Å²) >= 11 is 0.149. The topological polar surface area (TPSA) is 40.5 Å². The fourth-order valence-corrected chi connectivity index (χ4v) is 5.65. The number of unbranched alkanes of at least 4 members (excludes halogenated alkanes) is 2. The Morgan fingerprint density at radius 2 is 1.58 bits per heavy atom. The van der Waals surface area contributed by atoms with Gasteiger partial charge in [0, 0.05) is 18.4 Å². The molecule has 0 unspecified atom stereocenters. The van der Waals surface area contributed by atoms with Crippen molar-refractivity contribution in [3.05, 3.63) is 12.7 Å². The molecule has 0 aliphatic rings. The van der Waals surface area contributed by atoms with Gasteiger partial charge in [-0.15, -0.1) is 6.58 Å². The number of aliphatic hydroxyl groups is 2. The van der Waals surface area contributed by atoms with Crippen LogP contribution in [0.4, 0.5) is 0 Å². The number of rotatable bonds is 10. The molecule has 114 valence electrons. The van der Waals surface area contributed by atoms with Crippen LogP contribution >= 0.6 is 0 Å². The van der Waals surface area contributed by atoms with Gasteiger partial charge in [0.2, 0.25) is 0 Å². The Bertz CT molecular complexity index is 180. The summed E-state index contributed by atoms with van der Waals surface area (Å²) in [4.78, 5) is 0. The van der Waals surface area contributed by atoms with Crippen molar-refractivity contribution in [2.45, 2.75) is 68.4 Å². The molecule has 19 heavy (non-hydrogen) atoms. The van der Waals surface area contributed by atoms with Crippen LogP contribution in [0.5, 0.6) is 0 Å². The normalized spacial score (nSPS) is 15.1. The van der Waals surface area contributed by atoms with Crippen LogP contribution in [0.25, 0.3) is 0 Å². The summed E-state index contributed by atoms with van der Waals surface area (Å²) in [6.45, 7) is 11.9. The zero-order valence-corrected chi connectivity index (χ0v) is 16.2. The van der Waals surface area contributed by atoms with Crippen LogP contribution in [0.3, 0.4) is 0 Å². The molecule has 0 rings (SSSR count). The van der Waals surface area contributed by atoms with Gasteiger partial charge in [0.15, 0.2) is 0 Å². The third-order valence-electron chi connectivity index (χ3n) is 3.20. The van der Waals surface area contributed by atoms with Crippen molar-refractivity contribution in [2.24, 2.45) is 11.8 Å². The van der Waals surface area contributed by atoms with Gasteiger partial charge in [0.25, 0.3) is 0 Å². The molecule has 0 aromatic heterocycles. The second-order valence-electron chi connectivity index (χ2n) is 5.20. The quantitative estimate of drug-likeness (QED) is 0.344. The van der Waals surface area contributed by atoms with Gasteiger partial charge in [0.1, 0.15) is 0 Å². The predicted octanol–water partition coefficient (Wildman–Crippen LogP) is 3.93. The summed E-state index contributed by atoms with van der Waals surface area (Å²) < 4.78 is 3.25. The van der Waals surface area contributed by atoms with Crippen LogP contribution < -0.4 is 0 Å². The van der Waals surface area contributed by atoms with Gasteiger partial charge in [0.05, 0.1) is 6.10 Å². The molecular weight excluding hydrogens is 343 g/mol. The Kier molecular flexibility index (Phi) is 18.9. The van der Waals surface area contributed by atoms with Gasteiger partial charge >= 0.3 is 69.5 Å². The average molecular weight is 377 g/mol. The van der Waals surface area contributed by atoms with Gasteiger partial charge in [-0.1, -0.05) is 19.9 Å². The average Bonchev–Trinajstić information content (AvgIpc) is 2.45. The van der Waals surface area contributed by atoms with Crippen molar-refractivity contribution >= 4 is 21.1 Å². The molecule has 0 aromatic carbocycles. The van der Waals surface area contributed by atoms with Crippen LogP contribution in [0.2, 0.25) is 8.87 Å². The SMILES string of the molecule is C=C[C@H](C)[C@H](O)[C@@H](C)CO.CCC[CH2][Sn][CH2]CCC. The maximum atomic E-state index is 9.35. The molecule has 0 aliphatic carbocycles. The molecular formula is C16H34O2Sn. The van der Waals surface area contributed by atoms with E-state index in [9.17, 15) is 5.11 Å². The fourth-order valence-electron chi connectivity index (χ4n) is 1.49. The Labute approximate surface area is 130 Å². The second-order valence-corrected chi connectivity index (χ2v) is 9.48. The molecule has 2 N–H and O–H groups in total. The van der Waals surface area contributed by atoms with Crippen molar-refractivity contribution in [3.63, 3.8) is 0 Å². The first kappa shape index (κ1) is 21.8. The zero-order chi connectivity index (χ0) is 15.1. The minimum absolute atomic E-state index is 0.0271. The number of aliphatic hydroxyl groups excluding tert-OH is 2. The number of hydrogen-bond donors (Lipinski definition) is 2. The molecule has 0 bridgehead atoms. The van der Waals surface area contributed by atoms with E-state index < -0.39 is 6.10 Å². The molecule has 0 fully saturated rings. The summed E-state index contributed by atoms with van der Waals surface area (Å²) in [7, 11) is 0. The van der Waals surface area contributed by atoms with Crippen molar-refractivity contribution in [2.75, 3.05) is 6.61 Å². The first-order valence-corrected chi connectivity index (χ1v) is 11.7. The first-order chi connectivity index (χ1) is 9.04. The Morgan fingerprint density at radius 3 is 1.89 bits per heavy atom. The van der Waals surface area contributed by atoms with E-state index in [1.54, 1.807) is 14.9 Å². The van der Waals surface area contributed by atoms with Crippen molar-refractivity contribution < 1.29 is 10.2 Å². The summed E-state index contributed by atoms with van der Waals surface area (Å²) in [6.07, 6.45) is 7.06. The van der Waals surface area contributed by atoms with Crippen molar-refractivity contribution in [1.29, 1.82) is 0 Å². The molecule has 0 heterocycles. The molecule has 2 nitrogen and oxygen atoms in total. The Hall–Kier alpha value is 0.459. The van der Waals surface area contributed by atoms with Gasteiger partial charge in [-0.2, -0.15) is 0 Å². The number of hydrogen-bond acceptors (Lipinski definition) is 2. The summed E-state index contributed by atoms with van der Waals surface area (Å²) in [6, 6.07) is 0. The molecule has 0 saturated carbocycles. The molecule has 3 heteroatoms. The minimum atomic E-state index is -0.470. The maximum absolute atomic E-state index is 9.35. The van der Waals surface area contributed by atoms with Crippen molar-refractivity contribution in [1.82, 2.24) is 0 Å². The van der Waals surface area contributed by atoms with E-state index in [-0.39, 0.29) is 39.6 Å². The molecule has 0 saturated heterocycles. The van der Waals surface area contributed by atoms with Gasteiger partial charge in [-0.3, -0.25) is 0 Å². The monoisotopic (exact) mass is 378 g/mol. The van der Waals surface area contributed by atoms with Crippen LogP contribution in [-0.2, 0) is 0 Å². The van der Waals surface area contributed by atoms with E-state index in [0.29, 0.717) is 0 Å². The van der Waals surface area contributed by atoms with E-state index in [1.807, 2.05) is 13.8 Å². The van der Waals surface area contributed by atoms with E-state index in [2.05, 4.69) is 20.4 Å². The van der Waals surface area contributed by atoms with E-state index >= 15 is 0 Å². The molecule has 0 spiro atoms. The summed E-state index contributed by atoms with van der Waals surface area (Å²) in [5.74, 6) is -0.00449. The Balaban J connectivity index is 0. The molecule has 0 aromatic rings. The van der Waals surface area contributed by atoms with E-state index in [1.165, 1.54) is 25.7 Å². The van der Waals surface area contributed by atoms with E-state index in [4.69, 9.17) is 5.11 Å². The molecule has 0 aliphatic heterocycles. The Morgan fingerprint density at radius 1 is 1.11 bits per heavy atom. The van der Waals surface area contributed by atoms with Crippen LogP contribution in [0.15, 0.2) is 12.7 Å². The summed E-state index contributed by atoms with van der Waals surface area (Å²) in [5.41, 5.74) is 0. The van der Waals surface area contributed by atoms with E-state index in [0.717, 1.165) is 0 Å². The van der Waals surface area contributed by atoms with Gasteiger partial charge < -0.3 is 10.2 Å². The fraction of sp³-hybridized carbons (Fsp3) is 0.875. The standard InChI is InChI=1S/C8H16O2.2C4H9.Sn/c1-4-6(2)8(10)7(3)5-9;2*1-3-4-2;/h4,6-10H,1,5H2,2-3H3;2*1,3-4H2,2H3;/t6-,7-,8-;;;/m0.../s1. The third kappa shape index (κ3) is 14.7. The van der Waals surface area contributed by atoms with Crippen molar-refractivity contribution in [3.8, 4) is 0 Å². The molecule has 0 amide bonds. The molecule has 2 radical (unpaired) electrons. The van der Waals surface area contributed by atoms with Crippen LogP contribution in [-0.4, -0.2) is 44.1 Å². The van der Waals surface area contributed by atoms with Crippen LogP contribution in [0.1, 0.15) is 53.4 Å². The van der Waals surface area contributed by atoms with Gasteiger partial charge in [-0.25, -0.2) is 0 Å². The first-order valence-electron chi connectivity index (χ1n) is 7.67. The summed E-state index contributed by atoms with van der Waals surface area (Å²) in [5, 5.41) is 18.0. The molecule has 3 atom stereocenters. The zero-order valence-electron chi connectivity index (χ0n) is 13.4. The van der Waals surface area contributed by atoms with Crippen LogP contribution in [0, 0.1) is 11.8 Å². The van der Waals surface area contributed by atoms with Gasteiger partial charge in [-0.05, 0) is 0 Å². The second kappa shape index (κ2) is 16.5. The predicted molar refractivity (Wildman–Crippen MR) is 86.8 cm³/mol.